The number of nitrogens with one attached hydrogen (secondary N) is 2. The number of rotatable bonds is 8. The van der Waals surface area contributed by atoms with Crippen LogP contribution in [0.5, 0.6) is 0 Å². The molecule has 0 radical (unpaired) electrons. The van der Waals surface area contributed by atoms with Crippen LogP contribution in [0.3, 0.4) is 0 Å². The molecule has 0 aliphatic carbocycles. The summed E-state index contributed by atoms with van der Waals surface area (Å²) in [5, 5.41) is 6.08. The third kappa shape index (κ3) is 7.98. The quantitative estimate of drug-likeness (QED) is 0.274. The standard InChI is InChI=1S/C34H44Br2N8O4/c35-27-19-23(20-28(36)31(27)37)21-30(32(46)42-9-5-25(6-10-42)41-15-13-40(14-16-41)17-18-45)39-33(47)43-11-7-26(8-12-43)44-22-24-3-1-2-4-29(24)38-34(44)48/h1-4,18-20,25-26,30H,5-17,21-22,37H2,(H,38,48)(H,39,47)/t30-/m1/s1. The summed E-state index contributed by atoms with van der Waals surface area (Å²) in [5.74, 6) is -0.0831. The second-order valence-electron chi connectivity index (χ2n) is 13.2. The molecule has 1 atom stereocenters. The molecule has 4 aliphatic heterocycles. The average molecular weight is 789 g/mol. The van der Waals surface area contributed by atoms with Crippen LogP contribution in [0.2, 0.25) is 0 Å². The number of nitrogen functional groups attached to an aromatic ring is 1. The van der Waals surface area contributed by atoms with Crippen LogP contribution < -0.4 is 16.4 Å². The maximum atomic E-state index is 14.1. The molecule has 5 amide bonds. The highest BCUT2D eigenvalue weighted by Gasteiger charge is 2.36. The Kier molecular flexibility index (Phi) is 11.2. The smallest absolute Gasteiger partial charge is 0.322 e. The number of aldehydes is 1. The summed E-state index contributed by atoms with van der Waals surface area (Å²) in [6.07, 6.45) is 4.37. The number of nitrogens with two attached hydrogens (primary N) is 1. The van der Waals surface area contributed by atoms with Gasteiger partial charge in [-0.25, -0.2) is 9.59 Å². The predicted octanol–water partition coefficient (Wildman–Crippen LogP) is 3.73. The van der Waals surface area contributed by atoms with Gasteiger partial charge in [-0.1, -0.05) is 18.2 Å². The van der Waals surface area contributed by atoms with Crippen LogP contribution >= 0.6 is 31.9 Å². The number of amides is 5. The SMILES string of the molecule is Nc1c(Br)cc(C[C@@H](NC(=O)N2CCC(N3Cc4ccccc4NC3=O)CC2)C(=O)N2CCC(N3CCN(CC=O)CC3)CC2)cc1Br. The van der Waals surface area contributed by atoms with Crippen molar-refractivity contribution in [2.45, 2.75) is 56.8 Å². The van der Waals surface area contributed by atoms with E-state index in [9.17, 15) is 19.2 Å². The number of nitrogens with zero attached hydrogens (tertiary/aromatic N) is 5. The van der Waals surface area contributed by atoms with E-state index in [0.717, 1.165) is 71.1 Å². The van der Waals surface area contributed by atoms with Crippen molar-refractivity contribution in [3.05, 3.63) is 56.5 Å². The van der Waals surface area contributed by atoms with Crippen LogP contribution in [0.15, 0.2) is 45.3 Å². The fraction of sp³-hybridized carbons (Fsp3) is 0.529. The fourth-order valence-corrected chi connectivity index (χ4v) is 8.70. The number of hydrogen-bond donors (Lipinski definition) is 3. The van der Waals surface area contributed by atoms with Crippen molar-refractivity contribution < 1.29 is 19.2 Å². The largest absolute Gasteiger partial charge is 0.397 e. The van der Waals surface area contributed by atoms with Crippen molar-refractivity contribution in [2.75, 3.05) is 70.0 Å². The number of halogens is 2. The molecular formula is C34H44Br2N8O4. The number of urea groups is 2. The Hall–Kier alpha value is -3.20. The van der Waals surface area contributed by atoms with Gasteiger partial charge in [0.15, 0.2) is 0 Å². The van der Waals surface area contributed by atoms with E-state index in [1.165, 1.54) is 0 Å². The molecule has 48 heavy (non-hydrogen) atoms. The molecule has 12 nitrogen and oxygen atoms in total. The Morgan fingerprint density at radius 3 is 2.21 bits per heavy atom. The molecule has 3 fully saturated rings. The molecule has 6 rings (SSSR count). The number of piperazine rings is 1. The number of hydrogen-bond acceptors (Lipinski definition) is 7. The maximum absolute atomic E-state index is 14.1. The zero-order valence-electron chi connectivity index (χ0n) is 27.1. The number of piperidine rings is 2. The minimum atomic E-state index is -0.745. The molecule has 14 heteroatoms. The summed E-state index contributed by atoms with van der Waals surface area (Å²) in [4.78, 5) is 61.8. The highest BCUT2D eigenvalue weighted by molar-refractivity contribution is 9.11. The van der Waals surface area contributed by atoms with Crippen molar-refractivity contribution in [3.8, 4) is 0 Å². The molecular weight excluding hydrogens is 744 g/mol. The van der Waals surface area contributed by atoms with Gasteiger partial charge in [0.05, 0.1) is 12.2 Å². The van der Waals surface area contributed by atoms with E-state index < -0.39 is 6.04 Å². The van der Waals surface area contributed by atoms with Gasteiger partial charge >= 0.3 is 12.1 Å². The summed E-state index contributed by atoms with van der Waals surface area (Å²) in [5.41, 5.74) is 9.52. The number of carbonyl (C=O) groups is 4. The highest BCUT2D eigenvalue weighted by Crippen LogP contribution is 2.31. The number of likely N-dealkylation sites (tertiary alicyclic amines) is 2. The first-order valence-corrected chi connectivity index (χ1v) is 18.4. The Morgan fingerprint density at radius 1 is 0.917 bits per heavy atom. The van der Waals surface area contributed by atoms with Gasteiger partial charge in [-0.3, -0.25) is 14.6 Å². The molecule has 4 heterocycles. The number of fused-ring (bicyclic) bond motifs is 1. The van der Waals surface area contributed by atoms with Crippen LogP contribution in [0.4, 0.5) is 21.0 Å². The van der Waals surface area contributed by atoms with Gasteiger partial charge in [0.2, 0.25) is 5.91 Å². The lowest BCUT2D eigenvalue weighted by molar-refractivity contribution is -0.135. The van der Waals surface area contributed by atoms with Gasteiger partial charge < -0.3 is 35.9 Å². The van der Waals surface area contributed by atoms with Gasteiger partial charge in [0.25, 0.3) is 0 Å². The lowest BCUT2D eigenvalue weighted by Gasteiger charge is -2.43. The number of carbonyl (C=O) groups excluding carboxylic acids is 4. The molecule has 0 saturated carbocycles. The third-order valence-electron chi connectivity index (χ3n) is 10.3. The van der Waals surface area contributed by atoms with Gasteiger partial charge in [0.1, 0.15) is 12.3 Å². The second-order valence-corrected chi connectivity index (χ2v) is 14.9. The molecule has 2 aromatic carbocycles. The van der Waals surface area contributed by atoms with Crippen molar-refractivity contribution in [2.24, 2.45) is 0 Å². The maximum Gasteiger partial charge on any atom is 0.322 e. The van der Waals surface area contributed by atoms with E-state index in [2.05, 4.69) is 52.3 Å². The zero-order chi connectivity index (χ0) is 33.8. The molecule has 0 spiro atoms. The number of anilines is 2. The van der Waals surface area contributed by atoms with Gasteiger partial charge in [-0.15, -0.1) is 0 Å². The lowest BCUT2D eigenvalue weighted by Crippen LogP contribution is -2.58. The highest BCUT2D eigenvalue weighted by atomic mass is 79.9. The molecule has 3 saturated heterocycles. The van der Waals surface area contributed by atoms with E-state index >= 15 is 0 Å². The van der Waals surface area contributed by atoms with E-state index in [1.54, 1.807) is 4.90 Å². The van der Waals surface area contributed by atoms with Crippen LogP contribution in [0.1, 0.15) is 36.8 Å². The Labute approximate surface area is 298 Å². The Balaban J connectivity index is 1.07. The summed E-state index contributed by atoms with van der Waals surface area (Å²) in [7, 11) is 0. The van der Waals surface area contributed by atoms with Gasteiger partial charge in [-0.05, 0) is 86.9 Å². The van der Waals surface area contributed by atoms with Crippen LogP contribution in [0.25, 0.3) is 0 Å². The van der Waals surface area contributed by atoms with Crippen LogP contribution in [-0.4, -0.2) is 126 Å². The van der Waals surface area contributed by atoms with Crippen LogP contribution in [0, 0.1) is 0 Å². The van der Waals surface area contributed by atoms with Gasteiger partial charge in [0, 0.05) is 92.0 Å². The average Bonchev–Trinajstić information content (AvgIpc) is 3.10. The van der Waals surface area contributed by atoms with Gasteiger partial charge in [-0.2, -0.15) is 0 Å². The summed E-state index contributed by atoms with van der Waals surface area (Å²) >= 11 is 7.04. The summed E-state index contributed by atoms with van der Waals surface area (Å²) < 4.78 is 1.45. The molecule has 0 bridgehead atoms. The van der Waals surface area contributed by atoms with Crippen LogP contribution in [-0.2, 0) is 22.6 Å². The van der Waals surface area contributed by atoms with E-state index in [-0.39, 0.29) is 24.0 Å². The predicted molar refractivity (Wildman–Crippen MR) is 192 cm³/mol. The number of para-hydroxylation sites is 1. The molecule has 0 unspecified atom stereocenters. The Morgan fingerprint density at radius 2 is 1.54 bits per heavy atom. The van der Waals surface area contributed by atoms with Crippen molar-refractivity contribution >= 4 is 67.5 Å². The first kappa shape index (κ1) is 34.7. The Bertz CT molecular complexity index is 1480. The third-order valence-corrected chi connectivity index (χ3v) is 11.6. The first-order chi connectivity index (χ1) is 23.2. The molecule has 258 valence electrons. The van der Waals surface area contributed by atoms with E-state index in [0.29, 0.717) is 70.3 Å². The monoisotopic (exact) mass is 786 g/mol. The zero-order valence-corrected chi connectivity index (χ0v) is 30.3. The fourth-order valence-electron chi connectivity index (χ4n) is 7.42. The van der Waals surface area contributed by atoms with E-state index in [4.69, 9.17) is 5.73 Å². The molecule has 4 N–H and O–H groups in total. The molecule has 2 aromatic rings. The van der Waals surface area contributed by atoms with E-state index in [1.807, 2.05) is 46.2 Å². The molecule has 0 aromatic heterocycles. The summed E-state index contributed by atoms with van der Waals surface area (Å²) in [6.45, 7) is 6.91. The van der Waals surface area contributed by atoms with Crippen molar-refractivity contribution in [1.29, 1.82) is 0 Å². The van der Waals surface area contributed by atoms with Crippen molar-refractivity contribution in [3.63, 3.8) is 0 Å². The number of benzene rings is 2. The minimum absolute atomic E-state index is 0.0265. The normalized spacial score (nSPS) is 20.6. The minimum Gasteiger partial charge on any atom is -0.397 e. The topological polar surface area (TPSA) is 135 Å². The summed E-state index contributed by atoms with van der Waals surface area (Å²) in [6, 6.07) is 10.9. The molecule has 4 aliphatic rings. The first-order valence-electron chi connectivity index (χ1n) is 16.8. The second kappa shape index (κ2) is 15.6. The lowest BCUT2D eigenvalue weighted by atomic mass is 9.99. The van der Waals surface area contributed by atoms with Crippen molar-refractivity contribution in [1.82, 2.24) is 29.8 Å².